The van der Waals surface area contributed by atoms with Crippen molar-refractivity contribution in [3.8, 4) is 0 Å². The summed E-state index contributed by atoms with van der Waals surface area (Å²) < 4.78 is 0. The van der Waals surface area contributed by atoms with Gasteiger partial charge in [0, 0.05) is 19.1 Å². The van der Waals surface area contributed by atoms with Crippen LogP contribution in [-0.4, -0.2) is 68.7 Å². The van der Waals surface area contributed by atoms with E-state index in [2.05, 4.69) is 32.6 Å². The SMILES string of the molecule is CN(C)CC(Cc1ccccc1)NC(=O)NCCCN1CCCCCC1. The Kier molecular flexibility index (Phi) is 9.50. The molecule has 5 heteroatoms. The third-order valence-electron chi connectivity index (χ3n) is 4.88. The van der Waals surface area contributed by atoms with E-state index in [-0.39, 0.29) is 12.1 Å². The Labute approximate surface area is 159 Å². The van der Waals surface area contributed by atoms with Crippen molar-refractivity contribution >= 4 is 6.03 Å². The lowest BCUT2D eigenvalue weighted by atomic mass is 10.1. The number of urea groups is 1. The number of hydrogen-bond donors (Lipinski definition) is 2. The molecule has 1 aliphatic rings. The highest BCUT2D eigenvalue weighted by molar-refractivity contribution is 5.74. The lowest BCUT2D eigenvalue weighted by Crippen LogP contribution is -2.47. The molecule has 1 heterocycles. The Morgan fingerprint density at radius 2 is 1.81 bits per heavy atom. The molecule has 0 aromatic heterocycles. The molecule has 1 aromatic rings. The molecular formula is C21H36N4O. The minimum absolute atomic E-state index is 0.0522. The van der Waals surface area contributed by atoms with E-state index in [0.29, 0.717) is 0 Å². The van der Waals surface area contributed by atoms with Crippen LogP contribution >= 0.6 is 0 Å². The van der Waals surface area contributed by atoms with Crippen molar-refractivity contribution in [2.75, 3.05) is 46.8 Å². The third kappa shape index (κ3) is 8.68. The van der Waals surface area contributed by atoms with Crippen LogP contribution in [0.2, 0.25) is 0 Å². The number of carbonyl (C=O) groups is 1. The van der Waals surface area contributed by atoms with Gasteiger partial charge in [0.2, 0.25) is 0 Å². The number of hydrogen-bond acceptors (Lipinski definition) is 3. The molecule has 1 fully saturated rings. The quantitative estimate of drug-likeness (QED) is 0.666. The van der Waals surface area contributed by atoms with Gasteiger partial charge in [0.25, 0.3) is 0 Å². The third-order valence-corrected chi connectivity index (χ3v) is 4.88. The molecule has 26 heavy (non-hydrogen) atoms. The van der Waals surface area contributed by atoms with E-state index >= 15 is 0 Å². The molecule has 1 unspecified atom stereocenters. The fourth-order valence-electron chi connectivity index (χ4n) is 3.60. The molecule has 0 radical (unpaired) electrons. The zero-order valence-electron chi connectivity index (χ0n) is 16.5. The molecule has 2 amide bonds. The number of likely N-dealkylation sites (N-methyl/N-ethyl adjacent to an activating group) is 1. The summed E-state index contributed by atoms with van der Waals surface area (Å²) in [6.45, 7) is 5.09. The maximum atomic E-state index is 12.3. The highest BCUT2D eigenvalue weighted by Crippen LogP contribution is 2.09. The Bertz CT molecular complexity index is 498. The molecule has 1 saturated heterocycles. The second-order valence-corrected chi connectivity index (χ2v) is 7.66. The van der Waals surface area contributed by atoms with Crippen LogP contribution in [0.5, 0.6) is 0 Å². The van der Waals surface area contributed by atoms with Crippen LogP contribution < -0.4 is 10.6 Å². The van der Waals surface area contributed by atoms with Crippen molar-refractivity contribution < 1.29 is 4.79 Å². The molecular weight excluding hydrogens is 324 g/mol. The molecule has 1 aliphatic heterocycles. The Morgan fingerprint density at radius 3 is 2.46 bits per heavy atom. The van der Waals surface area contributed by atoms with Gasteiger partial charge in [0.15, 0.2) is 0 Å². The van der Waals surface area contributed by atoms with Gasteiger partial charge in [-0.2, -0.15) is 0 Å². The number of nitrogens with zero attached hydrogens (tertiary/aromatic N) is 2. The topological polar surface area (TPSA) is 47.6 Å². The van der Waals surface area contributed by atoms with Crippen LogP contribution in [0.1, 0.15) is 37.7 Å². The van der Waals surface area contributed by atoms with Crippen LogP contribution in [0.25, 0.3) is 0 Å². The van der Waals surface area contributed by atoms with Crippen LogP contribution in [0, 0.1) is 0 Å². The van der Waals surface area contributed by atoms with E-state index in [9.17, 15) is 4.79 Å². The highest BCUT2D eigenvalue weighted by Gasteiger charge is 2.14. The molecule has 0 bridgehead atoms. The summed E-state index contributed by atoms with van der Waals surface area (Å²) in [4.78, 5) is 16.9. The van der Waals surface area contributed by atoms with E-state index in [1.165, 1.54) is 44.3 Å². The molecule has 0 saturated carbocycles. The minimum atomic E-state index is -0.0522. The predicted octanol–water partition coefficient (Wildman–Crippen LogP) is 2.72. The average Bonchev–Trinajstić information content (AvgIpc) is 2.88. The van der Waals surface area contributed by atoms with E-state index < -0.39 is 0 Å². The maximum absolute atomic E-state index is 12.3. The maximum Gasteiger partial charge on any atom is 0.315 e. The zero-order chi connectivity index (χ0) is 18.6. The minimum Gasteiger partial charge on any atom is -0.338 e. The molecule has 146 valence electrons. The van der Waals surface area contributed by atoms with E-state index in [0.717, 1.165) is 32.5 Å². The highest BCUT2D eigenvalue weighted by atomic mass is 16.2. The van der Waals surface area contributed by atoms with Gasteiger partial charge >= 0.3 is 6.03 Å². The number of likely N-dealkylation sites (tertiary alicyclic amines) is 1. The molecule has 0 spiro atoms. The van der Waals surface area contributed by atoms with Gasteiger partial charge in [0.1, 0.15) is 0 Å². The van der Waals surface area contributed by atoms with E-state index in [1.54, 1.807) is 0 Å². The number of amides is 2. The Morgan fingerprint density at radius 1 is 1.12 bits per heavy atom. The van der Waals surface area contributed by atoms with Crippen LogP contribution in [0.15, 0.2) is 30.3 Å². The lowest BCUT2D eigenvalue weighted by molar-refractivity contribution is 0.230. The van der Waals surface area contributed by atoms with Gasteiger partial charge in [-0.25, -0.2) is 4.79 Å². The Hall–Kier alpha value is -1.59. The first kappa shape index (κ1) is 20.7. The van der Waals surface area contributed by atoms with Crippen molar-refractivity contribution in [3.63, 3.8) is 0 Å². The van der Waals surface area contributed by atoms with Gasteiger partial charge in [-0.05, 0) is 65.0 Å². The number of rotatable bonds is 9. The largest absolute Gasteiger partial charge is 0.338 e. The van der Waals surface area contributed by atoms with Crippen molar-refractivity contribution in [2.24, 2.45) is 0 Å². The first-order valence-electron chi connectivity index (χ1n) is 10.1. The second-order valence-electron chi connectivity index (χ2n) is 7.66. The number of carbonyl (C=O) groups excluding carboxylic acids is 1. The van der Waals surface area contributed by atoms with Crippen LogP contribution in [0.3, 0.4) is 0 Å². The summed E-state index contributed by atoms with van der Waals surface area (Å²) in [7, 11) is 4.08. The first-order valence-corrected chi connectivity index (χ1v) is 10.1. The fourth-order valence-corrected chi connectivity index (χ4v) is 3.60. The summed E-state index contributed by atoms with van der Waals surface area (Å²) >= 11 is 0. The van der Waals surface area contributed by atoms with Crippen LogP contribution in [-0.2, 0) is 6.42 Å². The van der Waals surface area contributed by atoms with E-state index in [4.69, 9.17) is 0 Å². The summed E-state index contributed by atoms with van der Waals surface area (Å²) in [5, 5.41) is 6.17. The molecule has 1 atom stereocenters. The molecule has 2 rings (SSSR count). The Balaban J connectivity index is 1.68. The normalized spacial score (nSPS) is 16.9. The lowest BCUT2D eigenvalue weighted by Gasteiger charge is -2.23. The molecule has 1 aromatic carbocycles. The van der Waals surface area contributed by atoms with Crippen molar-refractivity contribution in [2.45, 2.75) is 44.6 Å². The number of nitrogens with one attached hydrogen (secondary N) is 2. The number of benzene rings is 1. The summed E-state index contributed by atoms with van der Waals surface area (Å²) in [6, 6.07) is 10.4. The van der Waals surface area contributed by atoms with Gasteiger partial charge < -0.3 is 20.4 Å². The summed E-state index contributed by atoms with van der Waals surface area (Å²) in [6.07, 6.45) is 7.24. The predicted molar refractivity (Wildman–Crippen MR) is 109 cm³/mol. The van der Waals surface area contributed by atoms with Crippen molar-refractivity contribution in [1.82, 2.24) is 20.4 Å². The average molecular weight is 361 g/mol. The monoisotopic (exact) mass is 360 g/mol. The van der Waals surface area contributed by atoms with Crippen molar-refractivity contribution in [3.05, 3.63) is 35.9 Å². The fraction of sp³-hybridized carbons (Fsp3) is 0.667. The summed E-state index contributed by atoms with van der Waals surface area (Å²) in [5.74, 6) is 0. The summed E-state index contributed by atoms with van der Waals surface area (Å²) in [5.41, 5.74) is 1.25. The van der Waals surface area contributed by atoms with Gasteiger partial charge in [0.05, 0.1) is 0 Å². The van der Waals surface area contributed by atoms with Crippen LogP contribution in [0.4, 0.5) is 4.79 Å². The van der Waals surface area contributed by atoms with E-state index in [1.807, 2.05) is 32.3 Å². The molecule has 2 N–H and O–H groups in total. The smallest absolute Gasteiger partial charge is 0.315 e. The molecule has 5 nitrogen and oxygen atoms in total. The van der Waals surface area contributed by atoms with Gasteiger partial charge in [-0.1, -0.05) is 43.2 Å². The standard InChI is InChI=1S/C21H36N4O/c1-24(2)18-20(17-19-11-6-5-7-12-19)23-21(26)22-13-10-16-25-14-8-3-4-9-15-25/h5-7,11-12,20H,3-4,8-10,13-18H2,1-2H3,(H2,22,23,26). The second kappa shape index (κ2) is 11.9. The van der Waals surface area contributed by atoms with Gasteiger partial charge in [-0.3, -0.25) is 0 Å². The first-order chi connectivity index (χ1) is 12.6. The molecule has 0 aliphatic carbocycles. The zero-order valence-corrected chi connectivity index (χ0v) is 16.5. The van der Waals surface area contributed by atoms with Gasteiger partial charge in [-0.15, -0.1) is 0 Å². The van der Waals surface area contributed by atoms with Crippen molar-refractivity contribution in [1.29, 1.82) is 0 Å².